The Bertz CT molecular complexity index is 571. The summed E-state index contributed by atoms with van der Waals surface area (Å²) in [7, 11) is 0. The minimum atomic E-state index is 0.884. The van der Waals surface area contributed by atoms with Gasteiger partial charge in [0.2, 0.25) is 0 Å². The predicted octanol–water partition coefficient (Wildman–Crippen LogP) is 8.92. The summed E-state index contributed by atoms with van der Waals surface area (Å²) < 4.78 is 0. The molecule has 0 saturated heterocycles. The minimum Gasteiger partial charge on any atom is -0.294 e. The average Bonchev–Trinajstić information content (AvgIpc) is 2.86. The molecule has 3 unspecified atom stereocenters. The van der Waals surface area contributed by atoms with Crippen LogP contribution in [0.2, 0.25) is 0 Å². The van der Waals surface area contributed by atoms with Crippen molar-refractivity contribution >= 4 is 0 Å². The van der Waals surface area contributed by atoms with Crippen molar-refractivity contribution in [2.24, 2.45) is 29.6 Å². The van der Waals surface area contributed by atoms with Gasteiger partial charge in [0.1, 0.15) is 0 Å². The highest BCUT2D eigenvalue weighted by Crippen LogP contribution is 2.46. The Labute approximate surface area is 200 Å². The first-order valence-electron chi connectivity index (χ1n) is 15.2. The van der Waals surface area contributed by atoms with Crippen LogP contribution in [0.25, 0.3) is 0 Å². The highest BCUT2D eigenvalue weighted by atomic mass is 15.2. The maximum atomic E-state index is 3.25. The van der Waals surface area contributed by atoms with Crippen LogP contribution < -0.4 is 0 Å². The number of rotatable bonds is 5. The Balaban J connectivity index is 1.24. The van der Waals surface area contributed by atoms with E-state index in [1.807, 2.05) is 0 Å². The quantitative estimate of drug-likeness (QED) is 0.386. The van der Waals surface area contributed by atoms with Gasteiger partial charge in [-0.3, -0.25) is 4.90 Å². The lowest BCUT2D eigenvalue weighted by Gasteiger charge is -2.53. The molecule has 3 atom stereocenters. The molecule has 0 aromatic carbocycles. The van der Waals surface area contributed by atoms with Gasteiger partial charge >= 0.3 is 0 Å². The molecule has 0 radical (unpaired) electrons. The molecule has 1 nitrogen and oxygen atoms in total. The molecule has 0 spiro atoms. The normalized spacial score (nSPS) is 42.2. The highest BCUT2D eigenvalue weighted by molar-refractivity contribution is 5.00. The third-order valence-corrected chi connectivity index (χ3v) is 10.8. The van der Waals surface area contributed by atoms with Crippen LogP contribution in [0.1, 0.15) is 135 Å². The molecule has 5 aliphatic rings. The number of hydrogen-bond donors (Lipinski definition) is 0. The molecule has 5 saturated carbocycles. The first-order valence-corrected chi connectivity index (χ1v) is 15.2. The third-order valence-electron chi connectivity index (χ3n) is 10.8. The molecule has 0 heterocycles. The van der Waals surface area contributed by atoms with Crippen molar-refractivity contribution in [2.45, 2.75) is 153 Å². The number of nitrogens with zero attached hydrogens (tertiary/aromatic N) is 1. The van der Waals surface area contributed by atoms with Crippen molar-refractivity contribution in [1.29, 1.82) is 0 Å². The Hall–Kier alpha value is -0.300. The zero-order valence-corrected chi connectivity index (χ0v) is 21.4. The average molecular weight is 440 g/mol. The molecule has 0 aromatic rings. The van der Waals surface area contributed by atoms with Crippen molar-refractivity contribution in [3.05, 3.63) is 12.2 Å². The fraction of sp³-hybridized carbons (Fsp3) is 0.935. The van der Waals surface area contributed by atoms with E-state index >= 15 is 0 Å². The SMILES string of the molecule is CC1CCC(N(C2CCC(/C=C/C3CCCCC3)CC2)C2CCCC3CCCCC32)CC1. The van der Waals surface area contributed by atoms with Gasteiger partial charge in [-0.1, -0.05) is 70.4 Å². The van der Waals surface area contributed by atoms with Crippen LogP contribution in [-0.2, 0) is 0 Å². The van der Waals surface area contributed by atoms with E-state index in [0.29, 0.717) is 0 Å². The summed E-state index contributed by atoms with van der Waals surface area (Å²) in [5.74, 6) is 4.88. The Morgan fingerprint density at radius 3 is 1.78 bits per heavy atom. The van der Waals surface area contributed by atoms with Crippen LogP contribution in [0.3, 0.4) is 0 Å². The Morgan fingerprint density at radius 1 is 0.500 bits per heavy atom. The maximum Gasteiger partial charge on any atom is 0.0132 e. The van der Waals surface area contributed by atoms with Gasteiger partial charge in [-0.25, -0.2) is 0 Å². The van der Waals surface area contributed by atoms with E-state index in [9.17, 15) is 0 Å². The summed E-state index contributed by atoms with van der Waals surface area (Å²) >= 11 is 0. The van der Waals surface area contributed by atoms with Crippen LogP contribution >= 0.6 is 0 Å². The first-order chi connectivity index (χ1) is 15.8. The smallest absolute Gasteiger partial charge is 0.0132 e. The molecule has 1 heteroatoms. The maximum absolute atomic E-state index is 3.25. The number of allylic oxidation sites excluding steroid dienone is 2. The standard InChI is InChI=1S/C31H53N/c1-24-14-20-28(21-15-24)32(31-13-7-11-27-10-5-6-12-30(27)31)29-22-18-26(19-23-29)17-16-25-8-3-2-4-9-25/h16-17,24-31H,2-15,18-23H2,1H3/b17-16+. The zero-order chi connectivity index (χ0) is 21.8. The summed E-state index contributed by atoms with van der Waals surface area (Å²) in [4.78, 5) is 3.25. The van der Waals surface area contributed by atoms with Gasteiger partial charge in [-0.15, -0.1) is 0 Å². The summed E-state index contributed by atoms with van der Waals surface area (Å²) in [5.41, 5.74) is 0. The third kappa shape index (κ3) is 5.67. The molecule has 5 fully saturated rings. The lowest BCUT2D eigenvalue weighted by atomic mass is 9.66. The van der Waals surface area contributed by atoms with Gasteiger partial charge in [0.25, 0.3) is 0 Å². The number of fused-ring (bicyclic) bond motifs is 1. The molecule has 0 bridgehead atoms. The van der Waals surface area contributed by atoms with Crippen molar-refractivity contribution in [3.8, 4) is 0 Å². The van der Waals surface area contributed by atoms with E-state index in [4.69, 9.17) is 0 Å². The van der Waals surface area contributed by atoms with E-state index in [-0.39, 0.29) is 0 Å². The van der Waals surface area contributed by atoms with E-state index in [2.05, 4.69) is 24.0 Å². The zero-order valence-electron chi connectivity index (χ0n) is 21.4. The topological polar surface area (TPSA) is 3.24 Å². The minimum absolute atomic E-state index is 0.884. The molecule has 0 N–H and O–H groups in total. The fourth-order valence-corrected chi connectivity index (χ4v) is 8.89. The highest BCUT2D eigenvalue weighted by Gasteiger charge is 2.43. The molecular formula is C31H53N. The summed E-state index contributed by atoms with van der Waals surface area (Å²) in [6, 6.07) is 2.75. The van der Waals surface area contributed by atoms with Gasteiger partial charge in [0.15, 0.2) is 0 Å². The van der Waals surface area contributed by atoms with Gasteiger partial charge in [-0.2, -0.15) is 0 Å². The summed E-state index contributed by atoms with van der Waals surface area (Å²) in [6.45, 7) is 2.50. The second kappa shape index (κ2) is 11.4. The summed E-state index contributed by atoms with van der Waals surface area (Å²) in [6.07, 6.45) is 35.3. The van der Waals surface area contributed by atoms with Crippen LogP contribution in [0.15, 0.2) is 12.2 Å². The largest absolute Gasteiger partial charge is 0.294 e. The van der Waals surface area contributed by atoms with E-state index in [0.717, 1.165) is 47.7 Å². The molecule has 32 heavy (non-hydrogen) atoms. The van der Waals surface area contributed by atoms with Crippen LogP contribution in [0.5, 0.6) is 0 Å². The van der Waals surface area contributed by atoms with Gasteiger partial charge in [0, 0.05) is 18.1 Å². The summed E-state index contributed by atoms with van der Waals surface area (Å²) in [5, 5.41) is 0. The van der Waals surface area contributed by atoms with E-state index in [1.54, 1.807) is 19.3 Å². The van der Waals surface area contributed by atoms with Crippen molar-refractivity contribution in [3.63, 3.8) is 0 Å². The molecule has 182 valence electrons. The van der Waals surface area contributed by atoms with Crippen LogP contribution in [-0.4, -0.2) is 23.0 Å². The van der Waals surface area contributed by atoms with Crippen LogP contribution in [0, 0.1) is 29.6 Å². The molecule has 5 rings (SSSR count). The first kappa shape index (κ1) is 23.4. The molecule has 0 amide bonds. The lowest BCUT2D eigenvalue weighted by Crippen LogP contribution is -2.56. The Kier molecular flexibility index (Phi) is 8.36. The van der Waals surface area contributed by atoms with E-state index < -0.39 is 0 Å². The monoisotopic (exact) mass is 439 g/mol. The molecule has 0 aliphatic heterocycles. The van der Waals surface area contributed by atoms with E-state index in [1.165, 1.54) is 109 Å². The second-order valence-corrected chi connectivity index (χ2v) is 12.9. The van der Waals surface area contributed by atoms with Crippen molar-refractivity contribution in [1.82, 2.24) is 4.90 Å². The predicted molar refractivity (Wildman–Crippen MR) is 138 cm³/mol. The van der Waals surface area contributed by atoms with Gasteiger partial charge in [-0.05, 0) is 107 Å². The van der Waals surface area contributed by atoms with Crippen molar-refractivity contribution in [2.75, 3.05) is 0 Å². The Morgan fingerprint density at radius 2 is 1.06 bits per heavy atom. The number of hydrogen-bond acceptors (Lipinski definition) is 1. The fourth-order valence-electron chi connectivity index (χ4n) is 8.89. The van der Waals surface area contributed by atoms with Crippen LogP contribution in [0.4, 0.5) is 0 Å². The van der Waals surface area contributed by atoms with Crippen molar-refractivity contribution < 1.29 is 0 Å². The molecule has 5 aliphatic carbocycles. The van der Waals surface area contributed by atoms with Gasteiger partial charge < -0.3 is 0 Å². The molecule has 0 aromatic heterocycles. The van der Waals surface area contributed by atoms with Gasteiger partial charge in [0.05, 0.1) is 0 Å². The molecular weight excluding hydrogens is 386 g/mol. The second-order valence-electron chi connectivity index (χ2n) is 12.9. The lowest BCUT2D eigenvalue weighted by molar-refractivity contribution is -0.0371.